The van der Waals surface area contributed by atoms with Gasteiger partial charge in [0.15, 0.2) is 0 Å². The Labute approximate surface area is 185 Å². The summed E-state index contributed by atoms with van der Waals surface area (Å²) in [6.07, 6.45) is 1.00. The zero-order valence-electron chi connectivity index (χ0n) is 17.6. The van der Waals surface area contributed by atoms with Gasteiger partial charge in [0.05, 0.1) is 5.57 Å². The maximum atomic E-state index is 13.6. The van der Waals surface area contributed by atoms with E-state index in [2.05, 4.69) is 27.6 Å². The van der Waals surface area contributed by atoms with Crippen LogP contribution in [0.3, 0.4) is 0 Å². The van der Waals surface area contributed by atoms with Gasteiger partial charge in [0.25, 0.3) is 5.91 Å². The van der Waals surface area contributed by atoms with Gasteiger partial charge in [-0.15, -0.1) is 5.10 Å². The molecular formula is C23H24FN5OS. The number of hydrogen-bond acceptors (Lipinski definition) is 5. The number of aryl methyl sites for hydroxylation is 1. The van der Waals surface area contributed by atoms with Crippen LogP contribution in [0.2, 0.25) is 0 Å². The van der Waals surface area contributed by atoms with Gasteiger partial charge in [-0.2, -0.15) is 4.98 Å². The number of benzene rings is 2. The van der Waals surface area contributed by atoms with Gasteiger partial charge in [-0.3, -0.25) is 4.79 Å². The average Bonchev–Trinajstić information content (AvgIpc) is 3.14. The fourth-order valence-corrected chi connectivity index (χ4v) is 4.24. The summed E-state index contributed by atoms with van der Waals surface area (Å²) in [4.78, 5) is 18.0. The maximum absolute atomic E-state index is 13.6. The number of aromatic nitrogens is 3. The number of carbonyl (C=O) groups is 1. The summed E-state index contributed by atoms with van der Waals surface area (Å²) < 4.78 is 15.3. The highest BCUT2D eigenvalue weighted by atomic mass is 32.2. The summed E-state index contributed by atoms with van der Waals surface area (Å²) >= 11 is 1.57. The molecular weight excluding hydrogens is 413 g/mol. The van der Waals surface area contributed by atoms with Crippen molar-refractivity contribution in [2.24, 2.45) is 0 Å². The molecule has 1 unspecified atom stereocenters. The van der Waals surface area contributed by atoms with Crippen molar-refractivity contribution >= 4 is 29.3 Å². The normalized spacial score (nSPS) is 15.4. The third-order valence-electron chi connectivity index (χ3n) is 4.97. The number of carbonyl (C=O) groups excluding carboxylic acids is 1. The predicted octanol–water partition coefficient (Wildman–Crippen LogP) is 5.16. The van der Waals surface area contributed by atoms with E-state index in [0.717, 1.165) is 23.3 Å². The van der Waals surface area contributed by atoms with Gasteiger partial charge in [-0.1, -0.05) is 43.0 Å². The first-order valence-electron chi connectivity index (χ1n) is 10.2. The molecule has 2 N–H and O–H groups in total. The van der Waals surface area contributed by atoms with Crippen molar-refractivity contribution < 1.29 is 9.18 Å². The van der Waals surface area contributed by atoms with E-state index in [-0.39, 0.29) is 11.7 Å². The predicted molar refractivity (Wildman–Crippen MR) is 122 cm³/mol. The molecule has 0 fully saturated rings. The van der Waals surface area contributed by atoms with Crippen LogP contribution in [0, 0.1) is 12.7 Å². The third-order valence-corrected chi connectivity index (χ3v) is 6.02. The van der Waals surface area contributed by atoms with Crippen LogP contribution < -0.4 is 10.6 Å². The minimum Gasteiger partial charge on any atom is -0.328 e. The molecule has 1 amide bonds. The van der Waals surface area contributed by atoms with Crippen LogP contribution in [0.1, 0.15) is 37.4 Å². The first kappa shape index (κ1) is 21.1. The molecule has 4 rings (SSSR count). The van der Waals surface area contributed by atoms with Crippen LogP contribution in [-0.4, -0.2) is 26.4 Å². The SMILES string of the molecule is CCCSc1nc2n(n1)C(c1ccc(F)cc1)C(C(=O)Nc1cccc(C)c1)=C(C)N2. The standard InChI is InChI=1S/C23H24FN5OS/c1-4-12-31-23-27-22-25-15(3)19(21(30)26-18-7-5-6-14(2)13-18)20(29(22)28-23)16-8-10-17(24)11-9-16/h5-11,13,20H,4,12H2,1-3H3,(H,26,30)(H,25,27,28). The molecule has 31 heavy (non-hydrogen) atoms. The summed E-state index contributed by atoms with van der Waals surface area (Å²) in [7, 11) is 0. The zero-order valence-corrected chi connectivity index (χ0v) is 18.5. The lowest BCUT2D eigenvalue weighted by Gasteiger charge is -2.28. The molecule has 1 atom stereocenters. The van der Waals surface area contributed by atoms with Crippen LogP contribution >= 0.6 is 11.8 Å². The maximum Gasteiger partial charge on any atom is 0.255 e. The lowest BCUT2D eigenvalue weighted by atomic mass is 9.95. The number of hydrogen-bond donors (Lipinski definition) is 2. The van der Waals surface area contributed by atoms with E-state index in [1.807, 2.05) is 38.1 Å². The van der Waals surface area contributed by atoms with Gasteiger partial charge in [0.1, 0.15) is 11.9 Å². The van der Waals surface area contributed by atoms with Crippen LogP contribution in [0.4, 0.5) is 16.0 Å². The molecule has 0 spiro atoms. The van der Waals surface area contributed by atoms with E-state index < -0.39 is 6.04 Å². The molecule has 3 aromatic rings. The molecule has 0 aliphatic carbocycles. The van der Waals surface area contributed by atoms with Gasteiger partial charge in [-0.05, 0) is 55.7 Å². The molecule has 8 heteroatoms. The largest absolute Gasteiger partial charge is 0.328 e. The van der Waals surface area contributed by atoms with Gasteiger partial charge in [0.2, 0.25) is 11.1 Å². The number of thioether (sulfide) groups is 1. The first-order valence-corrected chi connectivity index (χ1v) is 11.2. The molecule has 6 nitrogen and oxygen atoms in total. The Balaban J connectivity index is 1.75. The number of rotatable bonds is 6. The number of allylic oxidation sites excluding steroid dienone is 1. The molecule has 1 aliphatic heterocycles. The van der Waals surface area contributed by atoms with Crippen molar-refractivity contribution in [1.82, 2.24) is 14.8 Å². The van der Waals surface area contributed by atoms with E-state index in [1.165, 1.54) is 12.1 Å². The quantitative estimate of drug-likeness (QED) is 0.522. The van der Waals surface area contributed by atoms with Crippen molar-refractivity contribution in [3.8, 4) is 0 Å². The Morgan fingerprint density at radius 3 is 2.71 bits per heavy atom. The van der Waals surface area contributed by atoms with E-state index >= 15 is 0 Å². The average molecular weight is 438 g/mol. The number of nitrogens with one attached hydrogen (secondary N) is 2. The first-order chi connectivity index (χ1) is 15.0. The minimum atomic E-state index is -0.523. The molecule has 160 valence electrons. The highest BCUT2D eigenvalue weighted by molar-refractivity contribution is 7.99. The highest BCUT2D eigenvalue weighted by Gasteiger charge is 2.34. The second-order valence-corrected chi connectivity index (χ2v) is 8.51. The summed E-state index contributed by atoms with van der Waals surface area (Å²) in [6, 6.07) is 13.3. The zero-order chi connectivity index (χ0) is 22.0. The molecule has 0 saturated heterocycles. The molecule has 0 saturated carbocycles. The Bertz CT molecular complexity index is 1140. The van der Waals surface area contributed by atoms with Crippen LogP contribution in [0.25, 0.3) is 0 Å². The molecule has 1 aromatic heterocycles. The molecule has 2 aromatic carbocycles. The monoisotopic (exact) mass is 437 g/mol. The van der Waals surface area contributed by atoms with Gasteiger partial charge < -0.3 is 10.6 Å². The number of amides is 1. The Hall–Kier alpha value is -3.13. The minimum absolute atomic E-state index is 0.242. The van der Waals surface area contributed by atoms with Crippen molar-refractivity contribution in [3.05, 3.63) is 76.7 Å². The molecule has 0 radical (unpaired) electrons. The van der Waals surface area contributed by atoms with Gasteiger partial charge in [-0.25, -0.2) is 9.07 Å². The lowest BCUT2D eigenvalue weighted by Crippen LogP contribution is -2.31. The second-order valence-electron chi connectivity index (χ2n) is 7.45. The molecule has 1 aliphatic rings. The van der Waals surface area contributed by atoms with Crippen molar-refractivity contribution in [2.75, 3.05) is 16.4 Å². The topological polar surface area (TPSA) is 71.8 Å². The highest BCUT2D eigenvalue weighted by Crippen LogP contribution is 2.36. The van der Waals surface area contributed by atoms with Gasteiger partial charge in [0, 0.05) is 17.1 Å². The fourth-order valence-electron chi connectivity index (χ4n) is 3.55. The third kappa shape index (κ3) is 4.49. The summed E-state index contributed by atoms with van der Waals surface area (Å²) in [5, 5.41) is 11.5. The second kappa shape index (κ2) is 8.93. The molecule has 2 heterocycles. The van der Waals surface area contributed by atoms with Gasteiger partial charge >= 0.3 is 0 Å². The smallest absolute Gasteiger partial charge is 0.255 e. The number of fused-ring (bicyclic) bond motifs is 1. The Morgan fingerprint density at radius 2 is 2.00 bits per heavy atom. The van der Waals surface area contributed by atoms with Crippen molar-refractivity contribution in [1.29, 1.82) is 0 Å². The number of anilines is 2. The summed E-state index contributed by atoms with van der Waals surface area (Å²) in [5.74, 6) is 0.895. The van der Waals surface area contributed by atoms with Crippen LogP contribution in [-0.2, 0) is 4.79 Å². The van der Waals surface area contributed by atoms with E-state index in [4.69, 9.17) is 0 Å². The van der Waals surface area contributed by atoms with E-state index in [9.17, 15) is 9.18 Å². The lowest BCUT2D eigenvalue weighted by molar-refractivity contribution is -0.113. The van der Waals surface area contributed by atoms with Crippen molar-refractivity contribution in [3.63, 3.8) is 0 Å². The summed E-state index contributed by atoms with van der Waals surface area (Å²) in [5.41, 5.74) is 3.72. The van der Waals surface area contributed by atoms with E-state index in [0.29, 0.717) is 28.1 Å². The van der Waals surface area contributed by atoms with Crippen LogP contribution in [0.5, 0.6) is 0 Å². The number of halogens is 1. The Morgan fingerprint density at radius 1 is 1.23 bits per heavy atom. The summed E-state index contributed by atoms with van der Waals surface area (Å²) in [6.45, 7) is 5.92. The van der Waals surface area contributed by atoms with Crippen LogP contribution in [0.15, 0.2) is 65.0 Å². The molecule has 0 bridgehead atoms. The fraction of sp³-hybridized carbons (Fsp3) is 0.261. The van der Waals surface area contributed by atoms with Crippen molar-refractivity contribution in [2.45, 2.75) is 38.4 Å². The van der Waals surface area contributed by atoms with E-state index in [1.54, 1.807) is 28.6 Å². The number of nitrogens with zero attached hydrogens (tertiary/aromatic N) is 3. The Kier molecular flexibility index (Phi) is 6.08.